The molecule has 0 aliphatic carbocycles. The highest BCUT2D eigenvalue weighted by atomic mass is 79.9. The fraction of sp³-hybridized carbons (Fsp3) is 0. The van der Waals surface area contributed by atoms with E-state index in [0.717, 1.165) is 10.3 Å². The average Bonchev–Trinajstić information content (AvgIpc) is 2.36. The van der Waals surface area contributed by atoms with E-state index in [1.807, 2.05) is 28.8 Å². The van der Waals surface area contributed by atoms with E-state index in [4.69, 9.17) is 0 Å². The normalized spacial score (nSPS) is 9.55. The Morgan fingerprint density at radius 2 is 2.18 bits per heavy atom. The zero-order valence-corrected chi connectivity index (χ0v) is 8.87. The lowest BCUT2D eigenvalue weighted by Crippen LogP contribution is -1.82. The first-order chi connectivity index (χ1) is 4.88. The minimum absolute atomic E-state index is 0. The van der Waals surface area contributed by atoms with Crippen molar-refractivity contribution in [3.63, 3.8) is 0 Å². The standard InChI is InChI=1S/C7H5BrN2.BrH/c8-6-2-1-3-7-9-4-5-10(6)7;/h1-5H;1H. The van der Waals surface area contributed by atoms with E-state index in [9.17, 15) is 0 Å². The number of imidazole rings is 1. The highest BCUT2D eigenvalue weighted by Crippen LogP contribution is 2.10. The summed E-state index contributed by atoms with van der Waals surface area (Å²) >= 11 is 3.40. The lowest BCUT2D eigenvalue weighted by atomic mass is 10.5. The molecule has 2 heterocycles. The van der Waals surface area contributed by atoms with Crippen LogP contribution >= 0.6 is 32.9 Å². The molecule has 4 heteroatoms. The van der Waals surface area contributed by atoms with Gasteiger partial charge >= 0.3 is 0 Å². The summed E-state index contributed by atoms with van der Waals surface area (Å²) < 4.78 is 3.00. The molecule has 11 heavy (non-hydrogen) atoms. The molecule has 2 nitrogen and oxygen atoms in total. The third kappa shape index (κ3) is 1.46. The van der Waals surface area contributed by atoms with Crippen LogP contribution in [0.3, 0.4) is 0 Å². The third-order valence-corrected chi connectivity index (χ3v) is 2.02. The lowest BCUT2D eigenvalue weighted by molar-refractivity contribution is 1.14. The molecular weight excluding hydrogens is 272 g/mol. The third-order valence-electron chi connectivity index (χ3n) is 1.38. The van der Waals surface area contributed by atoms with Crippen molar-refractivity contribution in [2.24, 2.45) is 0 Å². The number of fused-ring (bicyclic) bond motifs is 1. The largest absolute Gasteiger partial charge is 0.294 e. The predicted molar refractivity (Wildman–Crippen MR) is 53.2 cm³/mol. The molecule has 0 saturated heterocycles. The molecule has 2 rings (SSSR count). The summed E-state index contributed by atoms with van der Waals surface area (Å²) in [6, 6.07) is 5.91. The number of hydrogen-bond acceptors (Lipinski definition) is 1. The monoisotopic (exact) mass is 276 g/mol. The molecule has 0 aromatic carbocycles. The molecule has 0 spiro atoms. The van der Waals surface area contributed by atoms with Gasteiger partial charge in [0.15, 0.2) is 0 Å². The Kier molecular flexibility index (Phi) is 2.67. The molecule has 0 amide bonds. The van der Waals surface area contributed by atoms with Gasteiger partial charge in [-0.25, -0.2) is 4.98 Å². The summed E-state index contributed by atoms with van der Waals surface area (Å²) in [4.78, 5) is 4.11. The van der Waals surface area contributed by atoms with Gasteiger partial charge in [0.1, 0.15) is 5.65 Å². The second-order valence-electron chi connectivity index (χ2n) is 2.00. The van der Waals surface area contributed by atoms with Crippen LogP contribution in [-0.4, -0.2) is 9.38 Å². The molecule has 0 radical (unpaired) electrons. The number of pyridine rings is 1. The van der Waals surface area contributed by atoms with Crippen molar-refractivity contribution < 1.29 is 0 Å². The maximum absolute atomic E-state index is 4.11. The Bertz CT molecular complexity index is 356. The molecule has 0 bridgehead atoms. The number of aromatic nitrogens is 2. The Morgan fingerprint density at radius 1 is 1.36 bits per heavy atom. The summed E-state index contributed by atoms with van der Waals surface area (Å²) in [6.07, 6.45) is 3.69. The van der Waals surface area contributed by atoms with E-state index in [2.05, 4.69) is 20.9 Å². The highest BCUT2D eigenvalue weighted by molar-refractivity contribution is 9.10. The maximum Gasteiger partial charge on any atom is 0.137 e. The van der Waals surface area contributed by atoms with Crippen molar-refractivity contribution in [1.29, 1.82) is 0 Å². The van der Waals surface area contributed by atoms with Gasteiger partial charge in [-0.05, 0) is 28.1 Å². The molecule has 2 aromatic rings. The molecule has 0 unspecified atom stereocenters. The molecule has 0 saturated carbocycles. The number of nitrogens with zero attached hydrogens (tertiary/aromatic N) is 2. The Morgan fingerprint density at radius 3 is 2.91 bits per heavy atom. The van der Waals surface area contributed by atoms with Crippen molar-refractivity contribution in [2.75, 3.05) is 0 Å². The first-order valence-electron chi connectivity index (χ1n) is 2.95. The van der Waals surface area contributed by atoms with Crippen molar-refractivity contribution in [2.45, 2.75) is 0 Å². The average molecular weight is 278 g/mol. The molecule has 0 fully saturated rings. The summed E-state index contributed by atoms with van der Waals surface area (Å²) in [6.45, 7) is 0. The molecule has 0 atom stereocenters. The second kappa shape index (κ2) is 3.36. The van der Waals surface area contributed by atoms with Crippen LogP contribution < -0.4 is 0 Å². The van der Waals surface area contributed by atoms with Gasteiger partial charge in [-0.2, -0.15) is 0 Å². The van der Waals surface area contributed by atoms with Gasteiger partial charge in [0.2, 0.25) is 0 Å². The summed E-state index contributed by atoms with van der Waals surface area (Å²) in [7, 11) is 0. The summed E-state index contributed by atoms with van der Waals surface area (Å²) in [5, 5.41) is 0. The Hall–Kier alpha value is -0.350. The lowest BCUT2D eigenvalue weighted by Gasteiger charge is -1.93. The van der Waals surface area contributed by atoms with Crippen LogP contribution in [0.15, 0.2) is 35.2 Å². The van der Waals surface area contributed by atoms with Crippen LogP contribution in [0, 0.1) is 0 Å². The van der Waals surface area contributed by atoms with Crippen LogP contribution in [0.4, 0.5) is 0 Å². The van der Waals surface area contributed by atoms with Crippen LogP contribution in [0.5, 0.6) is 0 Å². The van der Waals surface area contributed by atoms with Crippen molar-refractivity contribution in [3.05, 3.63) is 35.2 Å². The Labute approximate surface area is 83.1 Å². The number of halogens is 2. The maximum atomic E-state index is 4.11. The molecule has 0 aliphatic heterocycles. The fourth-order valence-electron chi connectivity index (χ4n) is 0.913. The number of rotatable bonds is 0. The van der Waals surface area contributed by atoms with E-state index in [0.29, 0.717) is 0 Å². The van der Waals surface area contributed by atoms with Gasteiger partial charge in [0.05, 0.1) is 4.60 Å². The van der Waals surface area contributed by atoms with Crippen molar-refractivity contribution >= 4 is 38.6 Å². The molecule has 2 aromatic heterocycles. The molecule has 58 valence electrons. The summed E-state index contributed by atoms with van der Waals surface area (Å²) in [5.41, 5.74) is 0.967. The Balaban J connectivity index is 0.000000605. The van der Waals surface area contributed by atoms with Gasteiger partial charge in [-0.1, -0.05) is 6.07 Å². The van der Waals surface area contributed by atoms with Gasteiger partial charge in [0.25, 0.3) is 0 Å². The fourth-order valence-corrected chi connectivity index (χ4v) is 1.37. The van der Waals surface area contributed by atoms with Gasteiger partial charge in [0, 0.05) is 12.4 Å². The van der Waals surface area contributed by atoms with Gasteiger partial charge in [-0.3, -0.25) is 4.40 Å². The molecule has 0 aliphatic rings. The van der Waals surface area contributed by atoms with E-state index in [1.54, 1.807) is 6.20 Å². The predicted octanol–water partition coefficient (Wildman–Crippen LogP) is 2.67. The first-order valence-corrected chi connectivity index (χ1v) is 3.75. The van der Waals surface area contributed by atoms with Crippen LogP contribution in [0.1, 0.15) is 0 Å². The smallest absolute Gasteiger partial charge is 0.137 e. The van der Waals surface area contributed by atoms with Crippen LogP contribution in [0.25, 0.3) is 5.65 Å². The second-order valence-corrected chi connectivity index (χ2v) is 2.82. The quantitative estimate of drug-likeness (QED) is 0.677. The van der Waals surface area contributed by atoms with E-state index < -0.39 is 0 Å². The van der Waals surface area contributed by atoms with Crippen LogP contribution in [0.2, 0.25) is 0 Å². The van der Waals surface area contributed by atoms with Gasteiger partial charge in [-0.15, -0.1) is 17.0 Å². The minimum atomic E-state index is 0. The van der Waals surface area contributed by atoms with Gasteiger partial charge < -0.3 is 0 Å². The van der Waals surface area contributed by atoms with Crippen LogP contribution in [-0.2, 0) is 0 Å². The van der Waals surface area contributed by atoms with E-state index in [1.165, 1.54) is 0 Å². The summed E-state index contributed by atoms with van der Waals surface area (Å²) in [5.74, 6) is 0. The molecular formula is C7H6Br2N2. The first kappa shape index (κ1) is 8.74. The highest BCUT2D eigenvalue weighted by Gasteiger charge is 1.93. The molecule has 0 N–H and O–H groups in total. The zero-order chi connectivity index (χ0) is 6.97. The van der Waals surface area contributed by atoms with E-state index in [-0.39, 0.29) is 17.0 Å². The van der Waals surface area contributed by atoms with Crippen molar-refractivity contribution in [1.82, 2.24) is 9.38 Å². The minimum Gasteiger partial charge on any atom is -0.294 e. The number of hydrogen-bond donors (Lipinski definition) is 0. The SMILES string of the molecule is Br.Brc1cccc2nccn12. The zero-order valence-electron chi connectivity index (χ0n) is 5.57. The van der Waals surface area contributed by atoms with Crippen molar-refractivity contribution in [3.8, 4) is 0 Å². The topological polar surface area (TPSA) is 17.3 Å². The van der Waals surface area contributed by atoms with E-state index >= 15 is 0 Å².